The molecule has 0 unspecified atom stereocenters. The molecule has 2 aliphatic rings. The first kappa shape index (κ1) is 16.1. The lowest BCUT2D eigenvalue weighted by Gasteiger charge is -2.30. The molecule has 23 heavy (non-hydrogen) atoms. The van der Waals surface area contributed by atoms with Crippen molar-refractivity contribution in [3.63, 3.8) is 0 Å². The number of piperidine rings is 1. The van der Waals surface area contributed by atoms with Crippen molar-refractivity contribution in [3.05, 3.63) is 23.8 Å². The number of benzene rings is 1. The molecule has 2 aliphatic heterocycles. The molecular formula is C18H26N2O3. The summed E-state index contributed by atoms with van der Waals surface area (Å²) in [6.07, 6.45) is 2.86. The molecule has 1 aromatic rings. The number of nitrogens with one attached hydrogen (secondary N) is 1. The Bertz CT molecular complexity index is 539. The van der Waals surface area contributed by atoms with Crippen molar-refractivity contribution < 1.29 is 14.3 Å². The van der Waals surface area contributed by atoms with Gasteiger partial charge in [0, 0.05) is 13.1 Å². The highest BCUT2D eigenvalue weighted by Gasteiger charge is 2.25. The van der Waals surface area contributed by atoms with E-state index in [1.807, 2.05) is 6.92 Å². The first-order valence-electron chi connectivity index (χ1n) is 8.65. The molecule has 126 valence electrons. The molecule has 1 N–H and O–H groups in total. The van der Waals surface area contributed by atoms with Crippen LogP contribution in [0.2, 0.25) is 0 Å². The van der Waals surface area contributed by atoms with Crippen LogP contribution in [0.3, 0.4) is 0 Å². The average molecular weight is 318 g/mol. The van der Waals surface area contributed by atoms with Crippen LogP contribution >= 0.6 is 0 Å². The van der Waals surface area contributed by atoms with Gasteiger partial charge in [-0.25, -0.2) is 0 Å². The van der Waals surface area contributed by atoms with Crippen molar-refractivity contribution in [3.8, 4) is 5.75 Å². The molecule has 0 aliphatic carbocycles. The van der Waals surface area contributed by atoms with E-state index in [4.69, 9.17) is 9.47 Å². The topological polar surface area (TPSA) is 50.8 Å². The van der Waals surface area contributed by atoms with E-state index < -0.39 is 0 Å². The summed E-state index contributed by atoms with van der Waals surface area (Å²) in [7, 11) is 0. The highest BCUT2D eigenvalue weighted by Crippen LogP contribution is 2.28. The van der Waals surface area contributed by atoms with Crippen LogP contribution in [0.4, 0.5) is 5.69 Å². The largest absolute Gasteiger partial charge is 0.490 e. The van der Waals surface area contributed by atoms with E-state index in [-0.39, 0.29) is 11.9 Å². The lowest BCUT2D eigenvalue weighted by atomic mass is 9.96. The van der Waals surface area contributed by atoms with Gasteiger partial charge in [-0.2, -0.15) is 0 Å². The van der Waals surface area contributed by atoms with E-state index in [1.165, 1.54) is 5.56 Å². The third-order valence-corrected chi connectivity index (χ3v) is 4.64. The molecule has 1 aromatic carbocycles. The van der Waals surface area contributed by atoms with Gasteiger partial charge in [-0.15, -0.1) is 0 Å². The molecule has 0 bridgehead atoms. The molecule has 2 heterocycles. The minimum absolute atomic E-state index is 0.0205. The number of esters is 1. The van der Waals surface area contributed by atoms with Gasteiger partial charge in [0.2, 0.25) is 0 Å². The Morgan fingerprint density at radius 2 is 2.22 bits per heavy atom. The maximum absolute atomic E-state index is 11.8. The number of anilines is 1. The molecular weight excluding hydrogens is 292 g/mol. The van der Waals surface area contributed by atoms with Crippen LogP contribution in [0.5, 0.6) is 5.75 Å². The normalized spacial score (nSPS) is 18.7. The summed E-state index contributed by atoms with van der Waals surface area (Å²) < 4.78 is 10.7. The number of fused-ring (bicyclic) bond motifs is 1. The van der Waals surface area contributed by atoms with Gasteiger partial charge >= 0.3 is 5.97 Å². The van der Waals surface area contributed by atoms with E-state index in [0.29, 0.717) is 6.61 Å². The van der Waals surface area contributed by atoms with E-state index in [2.05, 4.69) is 28.4 Å². The van der Waals surface area contributed by atoms with Crippen molar-refractivity contribution in [2.45, 2.75) is 26.2 Å². The molecule has 0 aromatic heterocycles. The number of nitrogens with zero attached hydrogens (tertiary/aromatic N) is 1. The Balaban J connectivity index is 1.45. The summed E-state index contributed by atoms with van der Waals surface area (Å²) >= 11 is 0. The van der Waals surface area contributed by atoms with Crippen molar-refractivity contribution >= 4 is 11.7 Å². The van der Waals surface area contributed by atoms with E-state index in [9.17, 15) is 4.79 Å². The van der Waals surface area contributed by atoms with Gasteiger partial charge in [-0.3, -0.25) is 4.79 Å². The summed E-state index contributed by atoms with van der Waals surface area (Å²) in [5.41, 5.74) is 2.43. The second-order valence-corrected chi connectivity index (χ2v) is 6.22. The zero-order valence-electron chi connectivity index (χ0n) is 13.8. The number of hydrogen-bond acceptors (Lipinski definition) is 5. The van der Waals surface area contributed by atoms with Crippen molar-refractivity contribution in [2.75, 3.05) is 44.7 Å². The molecule has 0 amide bonds. The van der Waals surface area contributed by atoms with Gasteiger partial charge in [0.25, 0.3) is 0 Å². The van der Waals surface area contributed by atoms with Crippen LogP contribution in [0.1, 0.15) is 25.3 Å². The monoisotopic (exact) mass is 318 g/mol. The number of hydrogen-bond donors (Lipinski definition) is 1. The summed E-state index contributed by atoms with van der Waals surface area (Å²) in [5.74, 6) is 1.03. The molecule has 5 heteroatoms. The summed E-state index contributed by atoms with van der Waals surface area (Å²) in [6.45, 7) is 6.96. The fourth-order valence-corrected chi connectivity index (χ4v) is 3.28. The first-order chi connectivity index (χ1) is 11.3. The third kappa shape index (κ3) is 4.16. The van der Waals surface area contributed by atoms with Crippen LogP contribution in [-0.2, 0) is 16.0 Å². The summed E-state index contributed by atoms with van der Waals surface area (Å²) in [5, 5.41) is 3.38. The molecule has 1 saturated heterocycles. The minimum Gasteiger partial charge on any atom is -0.490 e. The number of carbonyl (C=O) groups excluding carboxylic acids is 1. The minimum atomic E-state index is -0.0205. The molecule has 0 saturated carbocycles. The number of carbonyl (C=O) groups is 1. The Labute approximate surface area is 137 Å². The number of rotatable bonds is 5. The average Bonchev–Trinajstić information content (AvgIpc) is 2.60. The Morgan fingerprint density at radius 1 is 1.39 bits per heavy atom. The lowest BCUT2D eigenvalue weighted by Crippen LogP contribution is -2.38. The van der Waals surface area contributed by atoms with E-state index in [1.54, 1.807) is 0 Å². The zero-order valence-corrected chi connectivity index (χ0v) is 13.8. The van der Waals surface area contributed by atoms with Gasteiger partial charge < -0.3 is 19.7 Å². The predicted molar refractivity (Wildman–Crippen MR) is 89.9 cm³/mol. The maximum atomic E-state index is 11.8. The standard InChI is InChI=1S/C18H26N2O3/c1-2-22-18(21)15-6-10-20(11-7-15)9-5-14-3-4-17-16(13-14)19-8-12-23-17/h3-4,13,15,19H,2,5-12H2,1H3. The Kier molecular flexibility index (Phi) is 5.39. The second-order valence-electron chi connectivity index (χ2n) is 6.22. The lowest BCUT2D eigenvalue weighted by molar-refractivity contribution is -0.149. The highest BCUT2D eigenvalue weighted by atomic mass is 16.5. The van der Waals surface area contributed by atoms with Crippen LogP contribution in [0, 0.1) is 5.92 Å². The van der Waals surface area contributed by atoms with Crippen molar-refractivity contribution in [2.24, 2.45) is 5.92 Å². The molecule has 5 nitrogen and oxygen atoms in total. The van der Waals surface area contributed by atoms with Crippen LogP contribution in [0.15, 0.2) is 18.2 Å². The van der Waals surface area contributed by atoms with Gasteiger partial charge in [-0.1, -0.05) is 6.07 Å². The van der Waals surface area contributed by atoms with E-state index >= 15 is 0 Å². The van der Waals surface area contributed by atoms with Crippen LogP contribution in [0.25, 0.3) is 0 Å². The molecule has 0 spiro atoms. The molecule has 0 radical (unpaired) electrons. The summed E-state index contributed by atoms with van der Waals surface area (Å²) in [4.78, 5) is 14.2. The fourth-order valence-electron chi connectivity index (χ4n) is 3.28. The Hall–Kier alpha value is -1.75. The smallest absolute Gasteiger partial charge is 0.309 e. The van der Waals surface area contributed by atoms with E-state index in [0.717, 1.165) is 63.5 Å². The second kappa shape index (κ2) is 7.68. The maximum Gasteiger partial charge on any atom is 0.309 e. The molecule has 3 rings (SSSR count). The van der Waals surface area contributed by atoms with Crippen LogP contribution in [-0.4, -0.2) is 50.3 Å². The highest BCUT2D eigenvalue weighted by molar-refractivity contribution is 5.72. The number of likely N-dealkylation sites (tertiary alicyclic amines) is 1. The quantitative estimate of drug-likeness (QED) is 0.844. The van der Waals surface area contributed by atoms with Gasteiger partial charge in [0.05, 0.1) is 18.2 Å². The van der Waals surface area contributed by atoms with Gasteiger partial charge in [0.1, 0.15) is 12.4 Å². The zero-order chi connectivity index (χ0) is 16.1. The SMILES string of the molecule is CCOC(=O)C1CCN(CCc2ccc3c(c2)NCCO3)CC1. The van der Waals surface area contributed by atoms with Crippen LogP contribution < -0.4 is 10.1 Å². The van der Waals surface area contributed by atoms with Crippen molar-refractivity contribution in [1.82, 2.24) is 4.90 Å². The van der Waals surface area contributed by atoms with Gasteiger partial charge in [0.15, 0.2) is 0 Å². The third-order valence-electron chi connectivity index (χ3n) is 4.64. The first-order valence-corrected chi connectivity index (χ1v) is 8.65. The van der Waals surface area contributed by atoms with Gasteiger partial charge in [-0.05, 0) is 57.0 Å². The van der Waals surface area contributed by atoms with Crippen molar-refractivity contribution in [1.29, 1.82) is 0 Å². The molecule has 0 atom stereocenters. The number of ether oxygens (including phenoxy) is 2. The predicted octanol–water partition coefficient (Wildman–Crippen LogP) is 2.31. The fraction of sp³-hybridized carbons (Fsp3) is 0.611. The molecule has 1 fully saturated rings. The summed E-state index contributed by atoms with van der Waals surface area (Å²) in [6, 6.07) is 6.40. The Morgan fingerprint density at radius 3 is 3.00 bits per heavy atom.